The molecule has 0 spiro atoms. The van der Waals surface area contributed by atoms with Crippen LogP contribution in [-0.4, -0.2) is 5.71 Å². The van der Waals surface area contributed by atoms with Crippen molar-refractivity contribution in [3.05, 3.63) is 0 Å². The first-order valence-electron chi connectivity index (χ1n) is 4.08. The molecule has 1 aliphatic rings. The maximum Gasteiger partial charge on any atom is 0.00922 e. The molecule has 0 aliphatic heterocycles. The molecule has 1 heteroatoms. The van der Waals surface area contributed by atoms with Gasteiger partial charge in [0, 0.05) is 5.71 Å². The molecule has 1 fully saturated rings. The molecule has 0 heterocycles. The molecule has 1 saturated carbocycles. The number of nitrogens with one attached hydrogen (secondary N) is 1. The third-order valence-electron chi connectivity index (χ3n) is 2.96. The highest BCUT2D eigenvalue weighted by Gasteiger charge is 2.30. The van der Waals surface area contributed by atoms with E-state index < -0.39 is 0 Å². The molecular weight excluding hydrogens is 122 g/mol. The van der Waals surface area contributed by atoms with Gasteiger partial charge in [-0.2, -0.15) is 0 Å². The van der Waals surface area contributed by atoms with Gasteiger partial charge in [-0.3, -0.25) is 0 Å². The lowest BCUT2D eigenvalue weighted by Gasteiger charge is -2.36. The Morgan fingerprint density at radius 3 is 2.50 bits per heavy atom. The third kappa shape index (κ3) is 1.39. The van der Waals surface area contributed by atoms with E-state index in [2.05, 4.69) is 20.8 Å². The first-order valence-corrected chi connectivity index (χ1v) is 4.08. The summed E-state index contributed by atoms with van der Waals surface area (Å²) in [6.45, 7) is 6.88. The summed E-state index contributed by atoms with van der Waals surface area (Å²) < 4.78 is 0. The van der Waals surface area contributed by atoms with E-state index in [9.17, 15) is 0 Å². The molecule has 1 atom stereocenters. The quantitative estimate of drug-likeness (QED) is 0.533. The molecule has 1 nitrogen and oxygen atoms in total. The van der Waals surface area contributed by atoms with E-state index in [1.807, 2.05) is 0 Å². The highest BCUT2D eigenvalue weighted by atomic mass is 14.5. The van der Waals surface area contributed by atoms with E-state index in [1.165, 1.54) is 6.42 Å². The van der Waals surface area contributed by atoms with Crippen molar-refractivity contribution in [3.8, 4) is 0 Å². The molecule has 10 heavy (non-hydrogen) atoms. The van der Waals surface area contributed by atoms with Crippen LogP contribution >= 0.6 is 0 Å². The largest absolute Gasteiger partial charge is 0.310 e. The van der Waals surface area contributed by atoms with Gasteiger partial charge in [0.1, 0.15) is 0 Å². The standard InChI is InChI=1S/C9H17N/c1-7-6-8(10)4-5-9(7,2)3/h7,10H,4-6H2,1-3H3/t7-/m0/s1. The molecular formula is C9H17N. The Bertz CT molecular complexity index is 147. The molecule has 58 valence electrons. The molecule has 1 aliphatic carbocycles. The fourth-order valence-electron chi connectivity index (χ4n) is 1.47. The van der Waals surface area contributed by atoms with Gasteiger partial charge in [0.15, 0.2) is 0 Å². The van der Waals surface area contributed by atoms with Gasteiger partial charge in [0.25, 0.3) is 0 Å². The normalized spacial score (nSPS) is 32.3. The Balaban J connectivity index is 2.60. The van der Waals surface area contributed by atoms with E-state index in [4.69, 9.17) is 5.41 Å². The van der Waals surface area contributed by atoms with E-state index >= 15 is 0 Å². The maximum absolute atomic E-state index is 7.50. The molecule has 0 aromatic rings. The minimum absolute atomic E-state index is 0.477. The van der Waals surface area contributed by atoms with E-state index in [-0.39, 0.29) is 0 Å². The maximum atomic E-state index is 7.50. The van der Waals surface area contributed by atoms with Gasteiger partial charge < -0.3 is 5.41 Å². The third-order valence-corrected chi connectivity index (χ3v) is 2.96. The summed E-state index contributed by atoms with van der Waals surface area (Å²) in [6, 6.07) is 0. The number of hydrogen-bond donors (Lipinski definition) is 1. The Hall–Kier alpha value is -0.330. The van der Waals surface area contributed by atoms with Crippen LogP contribution in [0, 0.1) is 16.7 Å². The average Bonchev–Trinajstić information content (AvgIpc) is 1.81. The average molecular weight is 139 g/mol. The van der Waals surface area contributed by atoms with Gasteiger partial charge in [-0.05, 0) is 30.6 Å². The van der Waals surface area contributed by atoms with Gasteiger partial charge >= 0.3 is 0 Å². The Kier molecular flexibility index (Phi) is 1.84. The fourth-order valence-corrected chi connectivity index (χ4v) is 1.47. The monoisotopic (exact) mass is 139 g/mol. The summed E-state index contributed by atoms with van der Waals surface area (Å²) in [6.07, 6.45) is 3.25. The van der Waals surface area contributed by atoms with Crippen molar-refractivity contribution in [1.29, 1.82) is 5.41 Å². The molecule has 0 radical (unpaired) electrons. The van der Waals surface area contributed by atoms with Crippen LogP contribution in [0.5, 0.6) is 0 Å². The van der Waals surface area contributed by atoms with Gasteiger partial charge in [0.2, 0.25) is 0 Å². The van der Waals surface area contributed by atoms with Crippen molar-refractivity contribution in [2.24, 2.45) is 11.3 Å². The van der Waals surface area contributed by atoms with E-state index in [0.717, 1.165) is 18.6 Å². The van der Waals surface area contributed by atoms with Crippen LogP contribution in [0.15, 0.2) is 0 Å². The zero-order valence-electron chi connectivity index (χ0n) is 7.20. The summed E-state index contributed by atoms with van der Waals surface area (Å²) in [7, 11) is 0. The second-order valence-electron chi connectivity index (χ2n) is 4.20. The Labute approximate surface area is 63.3 Å². The van der Waals surface area contributed by atoms with Crippen LogP contribution < -0.4 is 0 Å². The lowest BCUT2D eigenvalue weighted by molar-refractivity contribution is 0.204. The molecule has 0 amide bonds. The lowest BCUT2D eigenvalue weighted by atomic mass is 9.69. The summed E-state index contributed by atoms with van der Waals surface area (Å²) in [5, 5.41) is 7.50. The van der Waals surface area contributed by atoms with Gasteiger partial charge in [-0.25, -0.2) is 0 Å². The number of hydrogen-bond acceptors (Lipinski definition) is 1. The van der Waals surface area contributed by atoms with Crippen LogP contribution in [0.4, 0.5) is 0 Å². The Morgan fingerprint density at radius 1 is 1.50 bits per heavy atom. The predicted octanol–water partition coefficient (Wildman–Crippen LogP) is 2.85. The highest BCUT2D eigenvalue weighted by Crippen LogP contribution is 2.38. The van der Waals surface area contributed by atoms with Crippen molar-refractivity contribution in [3.63, 3.8) is 0 Å². The SMILES string of the molecule is C[C@H]1CC(=N)CCC1(C)C. The van der Waals surface area contributed by atoms with Crippen LogP contribution in [0.2, 0.25) is 0 Å². The van der Waals surface area contributed by atoms with Crippen molar-refractivity contribution >= 4 is 5.71 Å². The molecule has 0 unspecified atom stereocenters. The second-order valence-corrected chi connectivity index (χ2v) is 4.20. The van der Waals surface area contributed by atoms with Gasteiger partial charge in [-0.1, -0.05) is 20.8 Å². The van der Waals surface area contributed by atoms with Crippen LogP contribution in [0.1, 0.15) is 40.0 Å². The molecule has 0 aromatic carbocycles. The Morgan fingerprint density at radius 2 is 2.10 bits per heavy atom. The minimum atomic E-state index is 0.477. The van der Waals surface area contributed by atoms with Crippen LogP contribution in [-0.2, 0) is 0 Å². The zero-order valence-corrected chi connectivity index (χ0v) is 7.20. The summed E-state index contributed by atoms with van der Waals surface area (Å²) in [5.74, 6) is 0.703. The fraction of sp³-hybridized carbons (Fsp3) is 0.889. The minimum Gasteiger partial charge on any atom is -0.310 e. The smallest absolute Gasteiger partial charge is 0.00922 e. The molecule has 1 rings (SSSR count). The molecule has 0 saturated heterocycles. The van der Waals surface area contributed by atoms with Crippen molar-refractivity contribution < 1.29 is 0 Å². The van der Waals surface area contributed by atoms with Gasteiger partial charge in [-0.15, -0.1) is 0 Å². The van der Waals surface area contributed by atoms with Crippen molar-refractivity contribution in [2.75, 3.05) is 0 Å². The summed E-state index contributed by atoms with van der Waals surface area (Å²) in [5.41, 5.74) is 1.43. The van der Waals surface area contributed by atoms with E-state index in [0.29, 0.717) is 11.3 Å². The lowest BCUT2D eigenvalue weighted by Crippen LogP contribution is -2.29. The van der Waals surface area contributed by atoms with E-state index in [1.54, 1.807) is 0 Å². The van der Waals surface area contributed by atoms with Crippen LogP contribution in [0.25, 0.3) is 0 Å². The van der Waals surface area contributed by atoms with Gasteiger partial charge in [0.05, 0.1) is 0 Å². The highest BCUT2D eigenvalue weighted by molar-refractivity contribution is 5.82. The van der Waals surface area contributed by atoms with Crippen LogP contribution in [0.3, 0.4) is 0 Å². The number of rotatable bonds is 0. The first-order chi connectivity index (χ1) is 4.52. The summed E-state index contributed by atoms with van der Waals surface area (Å²) in [4.78, 5) is 0. The van der Waals surface area contributed by atoms with Crippen molar-refractivity contribution in [1.82, 2.24) is 0 Å². The topological polar surface area (TPSA) is 23.9 Å². The second kappa shape index (κ2) is 2.37. The predicted molar refractivity (Wildman–Crippen MR) is 44.5 cm³/mol. The molecule has 0 bridgehead atoms. The zero-order chi connectivity index (χ0) is 7.78. The molecule has 0 aromatic heterocycles. The van der Waals surface area contributed by atoms with Crippen molar-refractivity contribution in [2.45, 2.75) is 40.0 Å². The molecule has 1 N–H and O–H groups in total. The first kappa shape index (κ1) is 7.77. The summed E-state index contributed by atoms with van der Waals surface area (Å²) >= 11 is 0.